The molecule has 1 heterocycles. The number of alkyl halides is 3. The van der Waals surface area contributed by atoms with E-state index in [-0.39, 0.29) is 16.6 Å². The maximum absolute atomic E-state index is 13.0. The summed E-state index contributed by atoms with van der Waals surface area (Å²) in [5.74, 6) is 0.509. The van der Waals surface area contributed by atoms with E-state index < -0.39 is 11.7 Å². The van der Waals surface area contributed by atoms with Crippen LogP contribution in [0.1, 0.15) is 37.8 Å². The maximum Gasteiger partial charge on any atom is 0.417 e. The molecular weight excluding hydrogens is 297 g/mol. The summed E-state index contributed by atoms with van der Waals surface area (Å²) in [5.41, 5.74) is 5.38. The Hall–Kier alpha value is -1.30. The molecule has 116 valence electrons. The molecule has 0 aromatic heterocycles. The predicted octanol–water partition coefficient (Wildman–Crippen LogP) is 3.96. The lowest BCUT2D eigenvalue weighted by molar-refractivity contribution is -0.137. The Morgan fingerprint density at radius 1 is 1.33 bits per heavy atom. The molecule has 0 bridgehead atoms. The van der Waals surface area contributed by atoms with E-state index in [2.05, 4.69) is 18.7 Å². The molecule has 2 rings (SSSR count). The first kappa shape index (κ1) is 16.1. The van der Waals surface area contributed by atoms with Gasteiger partial charge in [-0.15, -0.1) is 0 Å². The van der Waals surface area contributed by atoms with Crippen molar-refractivity contribution in [2.75, 3.05) is 11.4 Å². The van der Waals surface area contributed by atoms with Gasteiger partial charge >= 0.3 is 6.18 Å². The maximum atomic E-state index is 13.0. The molecule has 1 aromatic carbocycles. The van der Waals surface area contributed by atoms with Crippen LogP contribution in [0.5, 0.6) is 0 Å². The van der Waals surface area contributed by atoms with Gasteiger partial charge in [0.1, 0.15) is 4.99 Å². The molecule has 2 atom stereocenters. The number of hydrogen-bond donors (Lipinski definition) is 1. The highest BCUT2D eigenvalue weighted by Gasteiger charge is 2.35. The van der Waals surface area contributed by atoms with E-state index in [1.807, 2.05) is 0 Å². The molecule has 2 N–H and O–H groups in total. The average Bonchev–Trinajstić information content (AvgIpc) is 2.40. The monoisotopic (exact) mass is 316 g/mol. The highest BCUT2D eigenvalue weighted by molar-refractivity contribution is 7.80. The number of hydrogen-bond acceptors (Lipinski definition) is 2. The van der Waals surface area contributed by atoms with E-state index in [1.54, 1.807) is 0 Å². The van der Waals surface area contributed by atoms with Crippen LogP contribution in [0.2, 0.25) is 0 Å². The van der Waals surface area contributed by atoms with Crippen LogP contribution < -0.4 is 10.6 Å². The molecule has 0 spiro atoms. The number of benzene rings is 1. The molecule has 6 heteroatoms. The predicted molar refractivity (Wildman–Crippen MR) is 82.5 cm³/mol. The third kappa shape index (κ3) is 3.31. The Bertz CT molecular complexity index is 542. The van der Waals surface area contributed by atoms with Crippen molar-refractivity contribution in [2.45, 2.75) is 38.9 Å². The van der Waals surface area contributed by atoms with Crippen LogP contribution in [0.3, 0.4) is 0 Å². The van der Waals surface area contributed by atoms with Gasteiger partial charge in [0.05, 0.1) is 5.56 Å². The van der Waals surface area contributed by atoms with Crippen molar-refractivity contribution in [1.29, 1.82) is 0 Å². The van der Waals surface area contributed by atoms with Gasteiger partial charge in [-0.05, 0) is 43.9 Å². The summed E-state index contributed by atoms with van der Waals surface area (Å²) in [6.07, 6.45) is -2.27. The van der Waals surface area contributed by atoms with Crippen LogP contribution in [-0.4, -0.2) is 17.6 Å². The standard InChI is InChI=1S/C15H19F3N2S/c1-9-4-3-7-20(10(9)2)11-5-6-13(15(16,17)18)12(8-11)14(19)21/h5-6,8-10H,3-4,7H2,1-2H3,(H2,19,21). The molecular formula is C15H19F3N2S. The van der Waals surface area contributed by atoms with Gasteiger partial charge in [-0.25, -0.2) is 0 Å². The molecule has 0 saturated carbocycles. The van der Waals surface area contributed by atoms with Gasteiger partial charge in [0.25, 0.3) is 0 Å². The van der Waals surface area contributed by atoms with Crippen molar-refractivity contribution in [3.05, 3.63) is 29.3 Å². The highest BCUT2D eigenvalue weighted by Crippen LogP contribution is 2.36. The van der Waals surface area contributed by atoms with Crippen molar-refractivity contribution in [3.8, 4) is 0 Å². The van der Waals surface area contributed by atoms with E-state index >= 15 is 0 Å². The molecule has 0 aliphatic carbocycles. The van der Waals surface area contributed by atoms with Crippen molar-refractivity contribution in [2.24, 2.45) is 11.7 Å². The number of thiocarbonyl (C=S) groups is 1. The first-order chi connectivity index (χ1) is 9.71. The summed E-state index contributed by atoms with van der Waals surface area (Å²) in [4.78, 5) is 1.91. The van der Waals surface area contributed by atoms with Crippen LogP contribution in [-0.2, 0) is 6.18 Å². The number of piperidine rings is 1. The number of halogens is 3. The topological polar surface area (TPSA) is 29.3 Å². The lowest BCUT2D eigenvalue weighted by Crippen LogP contribution is -2.42. The Kier molecular flexibility index (Phi) is 4.46. The summed E-state index contributed by atoms with van der Waals surface area (Å²) in [7, 11) is 0. The Morgan fingerprint density at radius 2 is 2.00 bits per heavy atom. The zero-order valence-corrected chi connectivity index (χ0v) is 12.9. The first-order valence-electron chi connectivity index (χ1n) is 6.99. The minimum absolute atomic E-state index is 0.0968. The van der Waals surface area contributed by atoms with Crippen LogP contribution in [0.15, 0.2) is 18.2 Å². The minimum atomic E-state index is -4.45. The second-order valence-electron chi connectivity index (χ2n) is 5.65. The fraction of sp³-hybridized carbons (Fsp3) is 0.533. The molecule has 0 amide bonds. The van der Waals surface area contributed by atoms with Gasteiger partial charge in [-0.2, -0.15) is 13.2 Å². The first-order valence-corrected chi connectivity index (χ1v) is 7.40. The Labute approximate surface area is 128 Å². The molecule has 1 saturated heterocycles. The van der Waals surface area contributed by atoms with E-state index in [0.717, 1.165) is 31.1 Å². The molecule has 1 aromatic rings. The third-order valence-electron chi connectivity index (χ3n) is 4.28. The van der Waals surface area contributed by atoms with Crippen molar-refractivity contribution < 1.29 is 13.2 Å². The molecule has 1 aliphatic rings. The highest BCUT2D eigenvalue weighted by atomic mass is 32.1. The van der Waals surface area contributed by atoms with Crippen molar-refractivity contribution >= 4 is 22.9 Å². The van der Waals surface area contributed by atoms with E-state index in [1.165, 1.54) is 12.1 Å². The van der Waals surface area contributed by atoms with Crippen LogP contribution in [0.25, 0.3) is 0 Å². The lowest BCUT2D eigenvalue weighted by atomic mass is 9.91. The average molecular weight is 316 g/mol. The Balaban J connectivity index is 2.43. The quantitative estimate of drug-likeness (QED) is 0.837. The molecule has 1 aliphatic heterocycles. The van der Waals surface area contributed by atoms with Gasteiger partial charge in [-0.1, -0.05) is 19.1 Å². The molecule has 0 radical (unpaired) electrons. The second-order valence-corrected chi connectivity index (χ2v) is 6.09. The second kappa shape index (κ2) is 5.83. The zero-order chi connectivity index (χ0) is 15.8. The summed E-state index contributed by atoms with van der Waals surface area (Å²) >= 11 is 4.79. The van der Waals surface area contributed by atoms with Gasteiger partial charge in [0.2, 0.25) is 0 Å². The fourth-order valence-corrected chi connectivity index (χ4v) is 3.03. The van der Waals surface area contributed by atoms with Gasteiger partial charge in [-0.3, -0.25) is 0 Å². The summed E-state index contributed by atoms with van der Waals surface area (Å²) in [6.45, 7) is 5.10. The Morgan fingerprint density at radius 3 is 2.57 bits per heavy atom. The normalized spacial score (nSPS) is 23.2. The van der Waals surface area contributed by atoms with Gasteiger partial charge < -0.3 is 10.6 Å². The zero-order valence-electron chi connectivity index (χ0n) is 12.1. The lowest BCUT2D eigenvalue weighted by Gasteiger charge is -2.40. The molecule has 1 fully saturated rings. The van der Waals surface area contributed by atoms with Crippen LogP contribution in [0.4, 0.5) is 18.9 Å². The largest absolute Gasteiger partial charge is 0.417 e. The smallest absolute Gasteiger partial charge is 0.389 e. The van der Waals surface area contributed by atoms with Crippen molar-refractivity contribution in [3.63, 3.8) is 0 Å². The number of nitrogens with two attached hydrogens (primary N) is 1. The number of anilines is 1. The van der Waals surface area contributed by atoms with Crippen LogP contribution in [0, 0.1) is 5.92 Å². The number of nitrogens with zero attached hydrogens (tertiary/aromatic N) is 1. The molecule has 2 nitrogen and oxygen atoms in total. The molecule has 21 heavy (non-hydrogen) atoms. The minimum Gasteiger partial charge on any atom is -0.389 e. The van der Waals surface area contributed by atoms with E-state index in [9.17, 15) is 13.2 Å². The summed E-state index contributed by atoms with van der Waals surface area (Å²) < 4.78 is 39.0. The SMILES string of the molecule is CC1CCCN(c2ccc(C(F)(F)F)c(C(N)=S)c2)C1C. The van der Waals surface area contributed by atoms with Gasteiger partial charge in [0, 0.05) is 23.8 Å². The molecule has 2 unspecified atom stereocenters. The number of rotatable bonds is 2. The van der Waals surface area contributed by atoms with Crippen LogP contribution >= 0.6 is 12.2 Å². The fourth-order valence-electron chi connectivity index (χ4n) is 2.86. The third-order valence-corrected chi connectivity index (χ3v) is 4.50. The van der Waals surface area contributed by atoms with Crippen molar-refractivity contribution in [1.82, 2.24) is 0 Å². The van der Waals surface area contributed by atoms with E-state index in [0.29, 0.717) is 5.92 Å². The summed E-state index contributed by atoms with van der Waals surface area (Å²) in [5, 5.41) is 0. The van der Waals surface area contributed by atoms with E-state index in [4.69, 9.17) is 18.0 Å². The summed E-state index contributed by atoms with van der Waals surface area (Å²) in [6, 6.07) is 4.35. The van der Waals surface area contributed by atoms with Gasteiger partial charge in [0.15, 0.2) is 0 Å².